The van der Waals surface area contributed by atoms with Crippen LogP contribution in [0.2, 0.25) is 0 Å². The molecule has 1 aromatic carbocycles. The molecule has 1 aliphatic rings. The molecule has 34 heavy (non-hydrogen) atoms. The number of carboxylic acid groups (broad SMARTS) is 1. The summed E-state index contributed by atoms with van der Waals surface area (Å²) in [6.45, 7) is 7.36. The van der Waals surface area contributed by atoms with Crippen LogP contribution in [-0.2, 0) is 30.5 Å². The molecule has 1 aromatic rings. The Morgan fingerprint density at radius 3 is 2.21 bits per heavy atom. The van der Waals surface area contributed by atoms with Crippen molar-refractivity contribution in [2.45, 2.75) is 53.2 Å². The quantitative estimate of drug-likeness (QED) is 0.445. The van der Waals surface area contributed by atoms with E-state index < -0.39 is 41.6 Å². The molecule has 2 unspecified atom stereocenters. The molecule has 1 saturated heterocycles. The number of aliphatic carboxylic acids is 1. The minimum absolute atomic E-state index is 0.0105. The van der Waals surface area contributed by atoms with Crippen LogP contribution in [-0.4, -0.2) is 58.7 Å². The van der Waals surface area contributed by atoms with Gasteiger partial charge in [0, 0.05) is 25.4 Å². The van der Waals surface area contributed by atoms with Gasteiger partial charge in [0.15, 0.2) is 5.78 Å². The number of Topliss-reactive ketones (excluding diaryl/α,β-unsaturated/α-hetero) is 2. The maximum atomic E-state index is 13.1. The molecule has 0 saturated carbocycles. The number of amides is 2. The third-order valence-corrected chi connectivity index (χ3v) is 5.89. The van der Waals surface area contributed by atoms with Crippen molar-refractivity contribution in [2.24, 2.45) is 23.7 Å². The third kappa shape index (κ3) is 7.67. The number of ether oxygens (including phenoxy) is 1. The Kier molecular flexibility index (Phi) is 9.77. The maximum Gasteiger partial charge on any atom is 0.408 e. The average molecular weight is 475 g/mol. The van der Waals surface area contributed by atoms with Crippen LogP contribution < -0.4 is 5.32 Å². The van der Waals surface area contributed by atoms with E-state index in [0.29, 0.717) is 6.42 Å². The Bertz CT molecular complexity index is 892. The van der Waals surface area contributed by atoms with Gasteiger partial charge in [0.25, 0.3) is 5.91 Å². The molecule has 9 nitrogen and oxygen atoms in total. The molecule has 1 heterocycles. The summed E-state index contributed by atoms with van der Waals surface area (Å²) in [7, 11) is 0. The minimum atomic E-state index is -1.01. The largest absolute Gasteiger partial charge is 0.481 e. The first-order valence-corrected chi connectivity index (χ1v) is 11.5. The van der Waals surface area contributed by atoms with E-state index in [1.165, 1.54) is 4.90 Å². The van der Waals surface area contributed by atoms with Crippen LogP contribution in [0.15, 0.2) is 30.3 Å². The van der Waals surface area contributed by atoms with Gasteiger partial charge in [0.05, 0.1) is 12.0 Å². The molecular formula is C25H34N2O7. The number of likely N-dealkylation sites (tertiary alicyclic amines) is 1. The zero-order chi connectivity index (χ0) is 25.4. The number of carboxylic acids is 1. The van der Waals surface area contributed by atoms with Gasteiger partial charge in [-0.3, -0.25) is 19.2 Å². The van der Waals surface area contributed by atoms with Crippen molar-refractivity contribution in [2.75, 3.05) is 13.1 Å². The fourth-order valence-electron chi connectivity index (χ4n) is 3.75. The lowest BCUT2D eigenvalue weighted by Crippen LogP contribution is -2.56. The Labute approximate surface area is 199 Å². The van der Waals surface area contributed by atoms with Gasteiger partial charge >= 0.3 is 12.1 Å². The van der Waals surface area contributed by atoms with Crippen molar-refractivity contribution in [1.29, 1.82) is 0 Å². The fraction of sp³-hybridized carbons (Fsp3) is 0.560. The van der Waals surface area contributed by atoms with Crippen LogP contribution in [0.3, 0.4) is 0 Å². The zero-order valence-electron chi connectivity index (χ0n) is 20.2. The van der Waals surface area contributed by atoms with E-state index in [2.05, 4.69) is 5.32 Å². The molecule has 0 aliphatic carbocycles. The topological polar surface area (TPSA) is 130 Å². The standard InChI is InChI=1S/C25H34N2O7/c1-15(2)10-20(26-25(33)34-14-17-8-6-5-7-9-17)21(28)11-19(16(3)4)22(29)23(30)27-12-18(13-27)24(31)32/h5-9,15-16,18-20H,10-14H2,1-4H3,(H,26,33)(H,31,32). The van der Waals surface area contributed by atoms with Gasteiger partial charge in [-0.1, -0.05) is 58.0 Å². The van der Waals surface area contributed by atoms with E-state index in [-0.39, 0.29) is 43.7 Å². The number of nitrogens with one attached hydrogen (secondary N) is 1. The first kappa shape index (κ1) is 27.0. The van der Waals surface area contributed by atoms with Gasteiger partial charge in [0.1, 0.15) is 6.61 Å². The molecule has 0 aromatic heterocycles. The molecule has 2 N–H and O–H groups in total. The van der Waals surface area contributed by atoms with Crippen LogP contribution >= 0.6 is 0 Å². The normalized spacial score (nSPS) is 15.4. The van der Waals surface area contributed by atoms with Crippen LogP contribution in [0.4, 0.5) is 4.79 Å². The third-order valence-electron chi connectivity index (χ3n) is 5.89. The smallest absolute Gasteiger partial charge is 0.408 e. The average Bonchev–Trinajstić information content (AvgIpc) is 2.73. The van der Waals surface area contributed by atoms with Crippen molar-refractivity contribution in [3.05, 3.63) is 35.9 Å². The molecule has 9 heteroatoms. The second kappa shape index (κ2) is 12.3. The molecule has 1 fully saturated rings. The monoisotopic (exact) mass is 474 g/mol. The number of ketones is 2. The second-order valence-corrected chi connectivity index (χ2v) is 9.52. The Hall–Kier alpha value is -3.23. The van der Waals surface area contributed by atoms with Crippen molar-refractivity contribution in [1.82, 2.24) is 10.2 Å². The van der Waals surface area contributed by atoms with Crippen LogP contribution in [0.25, 0.3) is 0 Å². The maximum absolute atomic E-state index is 13.1. The Balaban J connectivity index is 2.00. The van der Waals surface area contributed by atoms with Gasteiger partial charge in [0.2, 0.25) is 5.78 Å². The first-order chi connectivity index (χ1) is 16.0. The predicted octanol–water partition coefficient (Wildman–Crippen LogP) is 2.67. The molecule has 186 valence electrons. The summed E-state index contributed by atoms with van der Waals surface area (Å²) in [5.41, 5.74) is 0.810. The van der Waals surface area contributed by atoms with Gasteiger partial charge < -0.3 is 20.1 Å². The van der Waals surface area contributed by atoms with Crippen molar-refractivity contribution < 1.29 is 33.8 Å². The van der Waals surface area contributed by atoms with Gasteiger partial charge in [-0.05, 0) is 23.8 Å². The molecule has 2 rings (SSSR count). The summed E-state index contributed by atoms with van der Waals surface area (Å²) in [4.78, 5) is 63.0. The van der Waals surface area contributed by atoms with E-state index in [9.17, 15) is 24.0 Å². The van der Waals surface area contributed by atoms with Crippen molar-refractivity contribution in [3.63, 3.8) is 0 Å². The summed E-state index contributed by atoms with van der Waals surface area (Å²) in [6, 6.07) is 8.29. The summed E-state index contributed by atoms with van der Waals surface area (Å²) in [5, 5.41) is 11.6. The van der Waals surface area contributed by atoms with Crippen LogP contribution in [0, 0.1) is 23.7 Å². The van der Waals surface area contributed by atoms with Crippen LogP contribution in [0.5, 0.6) is 0 Å². The molecule has 0 radical (unpaired) electrons. The lowest BCUT2D eigenvalue weighted by Gasteiger charge is -2.37. The van der Waals surface area contributed by atoms with E-state index in [1.807, 2.05) is 44.2 Å². The van der Waals surface area contributed by atoms with E-state index in [1.54, 1.807) is 13.8 Å². The Morgan fingerprint density at radius 2 is 1.68 bits per heavy atom. The minimum Gasteiger partial charge on any atom is -0.481 e. The lowest BCUT2D eigenvalue weighted by atomic mass is 9.83. The number of benzene rings is 1. The van der Waals surface area contributed by atoms with E-state index in [0.717, 1.165) is 5.56 Å². The molecule has 0 bridgehead atoms. The molecular weight excluding hydrogens is 440 g/mol. The van der Waals surface area contributed by atoms with E-state index >= 15 is 0 Å². The number of hydrogen-bond acceptors (Lipinski definition) is 6. The molecule has 2 amide bonds. The van der Waals surface area contributed by atoms with Gasteiger partial charge in [-0.15, -0.1) is 0 Å². The van der Waals surface area contributed by atoms with Crippen molar-refractivity contribution in [3.8, 4) is 0 Å². The number of nitrogens with zero attached hydrogens (tertiary/aromatic N) is 1. The first-order valence-electron chi connectivity index (χ1n) is 11.5. The highest BCUT2D eigenvalue weighted by Gasteiger charge is 2.41. The fourth-order valence-corrected chi connectivity index (χ4v) is 3.75. The lowest BCUT2D eigenvalue weighted by molar-refractivity contribution is -0.158. The second-order valence-electron chi connectivity index (χ2n) is 9.52. The Morgan fingerprint density at radius 1 is 1.06 bits per heavy atom. The number of rotatable bonds is 12. The number of alkyl carbamates (subject to hydrolysis) is 1. The summed E-state index contributed by atoms with van der Waals surface area (Å²) in [6.07, 6.45) is -0.570. The summed E-state index contributed by atoms with van der Waals surface area (Å²) >= 11 is 0. The van der Waals surface area contributed by atoms with E-state index in [4.69, 9.17) is 9.84 Å². The summed E-state index contributed by atoms with van der Waals surface area (Å²) < 4.78 is 5.23. The highest BCUT2D eigenvalue weighted by Crippen LogP contribution is 2.23. The highest BCUT2D eigenvalue weighted by molar-refractivity contribution is 6.37. The number of carbonyl (C=O) groups is 5. The van der Waals surface area contributed by atoms with Gasteiger partial charge in [-0.25, -0.2) is 4.79 Å². The SMILES string of the molecule is CC(C)CC(NC(=O)OCc1ccccc1)C(=O)CC(C(=O)C(=O)N1CC(C(=O)O)C1)C(C)C. The summed E-state index contributed by atoms with van der Waals surface area (Å²) in [5.74, 6) is -4.56. The molecule has 1 aliphatic heterocycles. The highest BCUT2D eigenvalue weighted by atomic mass is 16.5. The molecule has 0 spiro atoms. The zero-order valence-corrected chi connectivity index (χ0v) is 20.2. The van der Waals surface area contributed by atoms with Crippen molar-refractivity contribution >= 4 is 29.5 Å². The number of carbonyl (C=O) groups excluding carboxylic acids is 4. The molecule has 2 atom stereocenters. The predicted molar refractivity (Wildman–Crippen MR) is 124 cm³/mol. The van der Waals surface area contributed by atoms with Crippen LogP contribution in [0.1, 0.15) is 46.1 Å². The number of hydrogen-bond donors (Lipinski definition) is 2. The van der Waals surface area contributed by atoms with Gasteiger partial charge in [-0.2, -0.15) is 0 Å².